The largest absolute Gasteiger partial charge is 0.490 e. The molecule has 0 radical (unpaired) electrons. The van der Waals surface area contributed by atoms with E-state index in [0.29, 0.717) is 22.8 Å². The highest BCUT2D eigenvalue weighted by atomic mass is 16.6. The van der Waals surface area contributed by atoms with E-state index in [9.17, 15) is 15.0 Å². The minimum atomic E-state index is -1.23. The van der Waals surface area contributed by atoms with Gasteiger partial charge in [-0.25, -0.2) is 4.79 Å². The van der Waals surface area contributed by atoms with Gasteiger partial charge in [0.05, 0.1) is 32.0 Å². The molecule has 29 heavy (non-hydrogen) atoms. The van der Waals surface area contributed by atoms with Crippen molar-refractivity contribution in [3.63, 3.8) is 0 Å². The van der Waals surface area contributed by atoms with E-state index in [2.05, 4.69) is 5.32 Å². The van der Waals surface area contributed by atoms with Gasteiger partial charge in [0.25, 0.3) is 0 Å². The van der Waals surface area contributed by atoms with Gasteiger partial charge in [-0.1, -0.05) is 0 Å². The van der Waals surface area contributed by atoms with Crippen LogP contribution < -0.4 is 19.5 Å². The van der Waals surface area contributed by atoms with Crippen LogP contribution in [0.5, 0.6) is 17.2 Å². The first-order valence-corrected chi connectivity index (χ1v) is 9.71. The van der Waals surface area contributed by atoms with Crippen molar-refractivity contribution < 1.29 is 34.0 Å². The second kappa shape index (κ2) is 10.5. The van der Waals surface area contributed by atoms with Gasteiger partial charge in [-0.3, -0.25) is 0 Å². The molecule has 1 amide bonds. The first-order chi connectivity index (χ1) is 13.4. The summed E-state index contributed by atoms with van der Waals surface area (Å²) in [5, 5.41) is 23.0. The van der Waals surface area contributed by atoms with E-state index in [1.54, 1.807) is 32.9 Å². The van der Waals surface area contributed by atoms with Crippen molar-refractivity contribution in [3.8, 4) is 17.2 Å². The Balaban J connectivity index is 3.25. The molecule has 0 aromatic heterocycles. The number of amides is 1. The summed E-state index contributed by atoms with van der Waals surface area (Å²) in [6.07, 6.45) is -2.25. The Morgan fingerprint density at radius 3 is 1.90 bits per heavy atom. The van der Waals surface area contributed by atoms with Gasteiger partial charge in [0.1, 0.15) is 11.7 Å². The van der Waals surface area contributed by atoms with Crippen molar-refractivity contribution in [1.82, 2.24) is 5.32 Å². The lowest BCUT2D eigenvalue weighted by Crippen LogP contribution is -2.44. The zero-order valence-corrected chi connectivity index (χ0v) is 18.6. The fourth-order valence-corrected chi connectivity index (χ4v) is 2.57. The van der Waals surface area contributed by atoms with E-state index < -0.39 is 30.4 Å². The summed E-state index contributed by atoms with van der Waals surface area (Å²) in [6, 6.07) is 2.23. The SMILES string of the molecule is COc1c(OC(C)C)cc([C@@H](O)[C@@H](CO)NC(=O)OC(C)(C)C)cc1OC(C)C. The Morgan fingerprint density at radius 2 is 1.55 bits per heavy atom. The summed E-state index contributed by atoms with van der Waals surface area (Å²) < 4.78 is 22.3. The number of ether oxygens (including phenoxy) is 4. The van der Waals surface area contributed by atoms with E-state index in [1.807, 2.05) is 27.7 Å². The first kappa shape index (κ1) is 24.8. The van der Waals surface area contributed by atoms with Crippen LogP contribution in [0.3, 0.4) is 0 Å². The average molecular weight is 414 g/mol. The number of carbonyl (C=O) groups is 1. The summed E-state index contributed by atoms with van der Waals surface area (Å²) in [4.78, 5) is 12.1. The van der Waals surface area contributed by atoms with Crippen molar-refractivity contribution in [2.75, 3.05) is 13.7 Å². The fourth-order valence-electron chi connectivity index (χ4n) is 2.57. The van der Waals surface area contributed by atoms with Gasteiger partial charge in [-0.2, -0.15) is 0 Å². The van der Waals surface area contributed by atoms with Crippen molar-refractivity contribution in [3.05, 3.63) is 17.7 Å². The highest BCUT2D eigenvalue weighted by Crippen LogP contribution is 2.41. The summed E-state index contributed by atoms with van der Waals surface area (Å²) in [5.41, 5.74) is -0.307. The van der Waals surface area contributed by atoms with Crippen LogP contribution in [0.25, 0.3) is 0 Å². The highest BCUT2D eigenvalue weighted by molar-refractivity contribution is 5.68. The molecule has 8 heteroatoms. The number of carbonyl (C=O) groups excluding carboxylic acids is 1. The topological polar surface area (TPSA) is 106 Å². The maximum atomic E-state index is 12.1. The van der Waals surface area contributed by atoms with Crippen molar-refractivity contribution in [2.24, 2.45) is 0 Å². The van der Waals surface area contributed by atoms with Gasteiger partial charge in [-0.05, 0) is 66.2 Å². The second-order valence-electron chi connectivity index (χ2n) is 8.26. The van der Waals surface area contributed by atoms with Gasteiger partial charge in [0, 0.05) is 0 Å². The lowest BCUT2D eigenvalue weighted by atomic mass is 10.0. The van der Waals surface area contributed by atoms with Gasteiger partial charge in [0.15, 0.2) is 11.5 Å². The molecule has 0 aliphatic carbocycles. The second-order valence-corrected chi connectivity index (χ2v) is 8.26. The number of alkyl carbamates (subject to hydrolysis) is 1. The summed E-state index contributed by atoms with van der Waals surface area (Å²) in [6.45, 7) is 12.2. The molecule has 166 valence electrons. The number of hydrogen-bond acceptors (Lipinski definition) is 7. The van der Waals surface area contributed by atoms with Gasteiger partial charge < -0.3 is 34.5 Å². The highest BCUT2D eigenvalue weighted by Gasteiger charge is 2.28. The molecule has 1 aromatic rings. The molecule has 0 saturated heterocycles. The third-order valence-electron chi connectivity index (χ3n) is 3.59. The van der Waals surface area contributed by atoms with Gasteiger partial charge in [0.2, 0.25) is 5.75 Å². The smallest absolute Gasteiger partial charge is 0.408 e. The van der Waals surface area contributed by atoms with Crippen molar-refractivity contribution >= 4 is 6.09 Å². The van der Waals surface area contributed by atoms with Gasteiger partial charge >= 0.3 is 6.09 Å². The molecular weight excluding hydrogens is 378 g/mol. The number of rotatable bonds is 9. The van der Waals surface area contributed by atoms with Crippen LogP contribution >= 0.6 is 0 Å². The maximum absolute atomic E-state index is 12.1. The van der Waals surface area contributed by atoms with Crippen LogP contribution in [0.4, 0.5) is 4.79 Å². The lowest BCUT2D eigenvalue weighted by molar-refractivity contribution is 0.0349. The Labute approximate surface area is 173 Å². The van der Waals surface area contributed by atoms with Crippen LogP contribution in [-0.4, -0.2) is 53.9 Å². The predicted octanol–water partition coefficient (Wildman–Crippen LogP) is 3.19. The van der Waals surface area contributed by atoms with E-state index in [0.717, 1.165) is 0 Å². The van der Waals surface area contributed by atoms with E-state index in [4.69, 9.17) is 18.9 Å². The molecule has 2 atom stereocenters. The molecule has 0 fully saturated rings. The monoisotopic (exact) mass is 413 g/mol. The molecule has 0 aliphatic rings. The summed E-state index contributed by atoms with van der Waals surface area (Å²) >= 11 is 0. The molecule has 0 saturated carbocycles. The maximum Gasteiger partial charge on any atom is 0.408 e. The average Bonchev–Trinajstić information content (AvgIpc) is 2.56. The molecule has 0 bridgehead atoms. The quantitative estimate of drug-likeness (QED) is 0.571. The van der Waals surface area contributed by atoms with Crippen LogP contribution in [-0.2, 0) is 4.74 Å². The molecule has 0 spiro atoms. The van der Waals surface area contributed by atoms with E-state index >= 15 is 0 Å². The molecule has 0 aliphatic heterocycles. The Kier molecular flexibility index (Phi) is 9.04. The Hall–Kier alpha value is -2.19. The number of aliphatic hydroxyl groups is 2. The number of hydrogen-bond donors (Lipinski definition) is 3. The summed E-state index contributed by atoms with van der Waals surface area (Å²) in [7, 11) is 1.51. The number of methoxy groups -OCH3 is 1. The molecule has 3 N–H and O–H groups in total. The minimum absolute atomic E-state index is 0.142. The molecular formula is C21H35NO7. The number of aliphatic hydroxyl groups excluding tert-OH is 2. The van der Waals surface area contributed by atoms with E-state index in [1.165, 1.54) is 7.11 Å². The molecule has 8 nitrogen and oxygen atoms in total. The standard InChI is InChI=1S/C21H35NO7/c1-12(2)27-16-9-14(10-17(19(16)26-8)28-13(3)4)18(24)15(11-23)22-20(25)29-21(5,6)7/h9-10,12-13,15,18,23-24H,11H2,1-8H3,(H,22,25)/t15-,18-/m1/s1. The van der Waals surface area contributed by atoms with Crippen LogP contribution in [0, 0.1) is 0 Å². The molecule has 0 unspecified atom stereocenters. The summed E-state index contributed by atoms with van der Waals surface area (Å²) in [5.74, 6) is 1.19. The van der Waals surface area contributed by atoms with Crippen molar-refractivity contribution in [1.29, 1.82) is 0 Å². The third kappa shape index (κ3) is 7.98. The normalized spacial score (nSPS) is 13.8. The Bertz CT molecular complexity index is 636. The number of benzene rings is 1. The molecule has 1 rings (SSSR count). The zero-order chi connectivity index (χ0) is 22.4. The zero-order valence-electron chi connectivity index (χ0n) is 18.6. The minimum Gasteiger partial charge on any atom is -0.490 e. The first-order valence-electron chi connectivity index (χ1n) is 9.71. The van der Waals surface area contributed by atoms with Crippen LogP contribution in [0.15, 0.2) is 12.1 Å². The Morgan fingerprint density at radius 1 is 1.07 bits per heavy atom. The van der Waals surface area contributed by atoms with E-state index in [-0.39, 0.29) is 12.2 Å². The van der Waals surface area contributed by atoms with Gasteiger partial charge in [-0.15, -0.1) is 0 Å². The van der Waals surface area contributed by atoms with Crippen molar-refractivity contribution in [2.45, 2.75) is 78.4 Å². The van der Waals surface area contributed by atoms with Crippen LogP contribution in [0.1, 0.15) is 60.1 Å². The molecule has 1 aromatic carbocycles. The molecule has 0 heterocycles. The van der Waals surface area contributed by atoms with Crippen LogP contribution in [0.2, 0.25) is 0 Å². The lowest BCUT2D eigenvalue weighted by Gasteiger charge is -2.27. The predicted molar refractivity (Wildman–Crippen MR) is 110 cm³/mol. The third-order valence-corrected chi connectivity index (χ3v) is 3.59. The number of nitrogens with one attached hydrogen (secondary N) is 1. The fraction of sp³-hybridized carbons (Fsp3) is 0.667.